The molecule has 3 saturated heterocycles. The van der Waals surface area contributed by atoms with E-state index in [0.29, 0.717) is 0 Å². The monoisotopic (exact) mass is 301 g/mol. The largest absolute Gasteiger partial charge is 0.343 e. The van der Waals surface area contributed by atoms with Crippen LogP contribution in [0.25, 0.3) is 0 Å². The third-order valence-electron chi connectivity index (χ3n) is 4.73. The van der Waals surface area contributed by atoms with Crippen LogP contribution in [-0.2, 0) is 4.79 Å². The first kappa shape index (κ1) is 13.5. The zero-order valence-corrected chi connectivity index (χ0v) is 12.4. The lowest BCUT2D eigenvalue weighted by Crippen LogP contribution is -2.65. The summed E-state index contributed by atoms with van der Waals surface area (Å²) in [6.45, 7) is 1.77. The minimum atomic E-state index is -0.343. The van der Waals surface area contributed by atoms with E-state index in [1.165, 1.54) is 0 Å². The molecule has 22 heavy (non-hydrogen) atoms. The van der Waals surface area contributed by atoms with E-state index in [9.17, 15) is 9.59 Å². The Bertz CT molecular complexity index is 607. The molecule has 0 bridgehead atoms. The number of para-hydroxylation sites is 1. The summed E-state index contributed by atoms with van der Waals surface area (Å²) in [5, 5.41) is 5.89. The molecule has 1 aromatic carbocycles. The predicted octanol–water partition coefficient (Wildman–Crippen LogP) is -0.0382. The van der Waals surface area contributed by atoms with Gasteiger partial charge < -0.3 is 9.80 Å². The van der Waals surface area contributed by atoms with Gasteiger partial charge >= 0.3 is 6.03 Å². The Hall–Kier alpha value is -2.12. The molecule has 2 N–H and O–H groups in total. The second-order valence-corrected chi connectivity index (χ2v) is 5.96. The highest BCUT2D eigenvalue weighted by atomic mass is 16.2. The van der Waals surface area contributed by atoms with Crippen LogP contribution in [0, 0.1) is 0 Å². The number of hydrogen-bond acceptors (Lipinski definition) is 5. The summed E-state index contributed by atoms with van der Waals surface area (Å²) >= 11 is 0. The van der Waals surface area contributed by atoms with Gasteiger partial charge in [0, 0.05) is 25.8 Å². The van der Waals surface area contributed by atoms with E-state index in [1.54, 1.807) is 11.9 Å². The third kappa shape index (κ3) is 1.89. The Balaban J connectivity index is 1.67. The normalized spacial score (nSPS) is 31.8. The van der Waals surface area contributed by atoms with Crippen LogP contribution in [0.4, 0.5) is 10.5 Å². The highest BCUT2D eigenvalue weighted by Gasteiger charge is 2.53. The van der Waals surface area contributed by atoms with Gasteiger partial charge in [-0.25, -0.2) is 4.79 Å². The van der Waals surface area contributed by atoms with Gasteiger partial charge in [0.15, 0.2) is 0 Å². The quantitative estimate of drug-likeness (QED) is 0.762. The zero-order valence-electron chi connectivity index (χ0n) is 12.4. The number of amides is 3. The van der Waals surface area contributed by atoms with Crippen LogP contribution < -0.4 is 15.5 Å². The average Bonchev–Trinajstić information content (AvgIpc) is 2.93. The van der Waals surface area contributed by atoms with E-state index in [1.807, 2.05) is 18.2 Å². The van der Waals surface area contributed by atoms with E-state index in [2.05, 4.69) is 32.6 Å². The second kappa shape index (κ2) is 4.96. The summed E-state index contributed by atoms with van der Waals surface area (Å²) in [5.74, 6) is -0.210. The summed E-state index contributed by atoms with van der Waals surface area (Å²) < 4.78 is 0. The topological polar surface area (TPSA) is 67.9 Å². The van der Waals surface area contributed by atoms with Gasteiger partial charge in [-0.1, -0.05) is 18.2 Å². The number of nitrogens with one attached hydrogen (secondary N) is 2. The number of likely N-dealkylation sites (N-methyl/N-ethyl adjacent to an activating group) is 1. The molecule has 4 rings (SSSR count). The summed E-state index contributed by atoms with van der Waals surface area (Å²) in [6.07, 6.45) is 0.641. The molecule has 3 amide bonds. The number of carbonyl (C=O) groups excluding carboxylic acids is 2. The number of nitrogens with zero attached hydrogens (tertiary/aromatic N) is 3. The number of benzene rings is 1. The summed E-state index contributed by atoms with van der Waals surface area (Å²) in [6, 6.07) is 9.48. The molecule has 116 valence electrons. The van der Waals surface area contributed by atoms with Crippen LogP contribution >= 0.6 is 0 Å². The molecule has 1 aromatic rings. The molecule has 3 heterocycles. The van der Waals surface area contributed by atoms with E-state index in [0.717, 1.165) is 25.2 Å². The van der Waals surface area contributed by atoms with Gasteiger partial charge in [0.1, 0.15) is 18.5 Å². The number of carbonyl (C=O) groups is 2. The molecule has 0 radical (unpaired) electrons. The number of fused-ring (bicyclic) bond motifs is 3. The third-order valence-corrected chi connectivity index (χ3v) is 4.73. The lowest BCUT2D eigenvalue weighted by atomic mass is 10.1. The van der Waals surface area contributed by atoms with Crippen LogP contribution in [0.15, 0.2) is 30.3 Å². The van der Waals surface area contributed by atoms with Gasteiger partial charge in [0.2, 0.25) is 5.91 Å². The maximum Gasteiger partial charge on any atom is 0.325 e. The molecule has 3 aliphatic heterocycles. The summed E-state index contributed by atoms with van der Waals surface area (Å²) in [7, 11) is 1.72. The molecule has 0 saturated carbocycles. The highest BCUT2D eigenvalue weighted by molar-refractivity contribution is 6.00. The van der Waals surface area contributed by atoms with E-state index < -0.39 is 0 Å². The number of anilines is 1. The molecule has 0 spiro atoms. The fourth-order valence-electron chi connectivity index (χ4n) is 3.65. The first-order chi connectivity index (χ1) is 10.7. The first-order valence-electron chi connectivity index (χ1n) is 7.58. The SMILES string of the molecule is CN1C(=O)NC(=O)C2C1NC1N(c3ccccc3)CCCN21. The van der Waals surface area contributed by atoms with Gasteiger partial charge in [-0.3, -0.25) is 20.3 Å². The minimum absolute atomic E-state index is 0.0646. The molecular formula is C15H19N5O2. The molecule has 3 aliphatic rings. The Morgan fingerprint density at radius 2 is 1.91 bits per heavy atom. The van der Waals surface area contributed by atoms with Crippen molar-refractivity contribution in [3.63, 3.8) is 0 Å². The first-order valence-corrected chi connectivity index (χ1v) is 7.58. The Morgan fingerprint density at radius 3 is 2.68 bits per heavy atom. The van der Waals surface area contributed by atoms with E-state index in [-0.39, 0.29) is 30.4 Å². The van der Waals surface area contributed by atoms with Gasteiger partial charge in [-0.05, 0) is 18.6 Å². The van der Waals surface area contributed by atoms with Gasteiger partial charge in [0.25, 0.3) is 0 Å². The maximum atomic E-state index is 12.3. The molecule has 3 unspecified atom stereocenters. The van der Waals surface area contributed by atoms with Crippen molar-refractivity contribution in [3.8, 4) is 0 Å². The molecule has 7 heteroatoms. The lowest BCUT2D eigenvalue weighted by molar-refractivity contribution is -0.128. The van der Waals surface area contributed by atoms with Crippen molar-refractivity contribution in [1.82, 2.24) is 20.4 Å². The number of hydrogen-bond donors (Lipinski definition) is 2. The molecule has 0 aliphatic carbocycles. The van der Waals surface area contributed by atoms with Crippen molar-refractivity contribution < 1.29 is 9.59 Å². The fourth-order valence-corrected chi connectivity index (χ4v) is 3.65. The molecule has 3 atom stereocenters. The Labute approximate surface area is 128 Å². The van der Waals surface area contributed by atoms with Crippen LogP contribution in [-0.4, -0.2) is 60.4 Å². The van der Waals surface area contributed by atoms with Crippen LogP contribution in [0.1, 0.15) is 6.42 Å². The molecular weight excluding hydrogens is 282 g/mol. The van der Waals surface area contributed by atoms with E-state index >= 15 is 0 Å². The predicted molar refractivity (Wildman–Crippen MR) is 80.9 cm³/mol. The zero-order chi connectivity index (χ0) is 15.3. The smallest absolute Gasteiger partial charge is 0.325 e. The minimum Gasteiger partial charge on any atom is -0.343 e. The standard InChI is InChI=1S/C15H19N5O2/c1-18-12-11(13(21)17-15(18)22)20-9-5-8-19(14(20)16-12)10-6-3-2-4-7-10/h2-4,6-7,11-12,14,16H,5,8-9H2,1H3,(H,17,21,22). The second-order valence-electron chi connectivity index (χ2n) is 5.96. The lowest BCUT2D eigenvalue weighted by Gasteiger charge is -2.42. The molecule has 7 nitrogen and oxygen atoms in total. The highest BCUT2D eigenvalue weighted by Crippen LogP contribution is 2.30. The maximum absolute atomic E-state index is 12.3. The molecule has 0 aromatic heterocycles. The van der Waals surface area contributed by atoms with Crippen molar-refractivity contribution in [3.05, 3.63) is 30.3 Å². The van der Waals surface area contributed by atoms with E-state index in [4.69, 9.17) is 0 Å². The van der Waals surface area contributed by atoms with Crippen LogP contribution in [0.5, 0.6) is 0 Å². The number of rotatable bonds is 1. The fraction of sp³-hybridized carbons (Fsp3) is 0.467. The Morgan fingerprint density at radius 1 is 1.14 bits per heavy atom. The van der Waals surface area contributed by atoms with Crippen molar-refractivity contribution >= 4 is 17.6 Å². The van der Waals surface area contributed by atoms with Crippen LogP contribution in [0.2, 0.25) is 0 Å². The summed E-state index contributed by atoms with van der Waals surface area (Å²) in [4.78, 5) is 30.1. The van der Waals surface area contributed by atoms with Gasteiger partial charge in [0.05, 0.1) is 0 Å². The van der Waals surface area contributed by atoms with Gasteiger partial charge in [-0.15, -0.1) is 0 Å². The average molecular weight is 301 g/mol. The number of urea groups is 1. The summed E-state index contributed by atoms with van der Waals surface area (Å²) in [5.41, 5.74) is 1.12. The Kier molecular flexibility index (Phi) is 3.05. The van der Waals surface area contributed by atoms with Crippen molar-refractivity contribution in [2.45, 2.75) is 24.9 Å². The van der Waals surface area contributed by atoms with Crippen molar-refractivity contribution in [2.75, 3.05) is 25.0 Å². The number of imide groups is 1. The van der Waals surface area contributed by atoms with Crippen LogP contribution in [0.3, 0.4) is 0 Å². The van der Waals surface area contributed by atoms with Crippen molar-refractivity contribution in [2.24, 2.45) is 0 Å². The van der Waals surface area contributed by atoms with Gasteiger partial charge in [-0.2, -0.15) is 0 Å². The van der Waals surface area contributed by atoms with Crippen molar-refractivity contribution in [1.29, 1.82) is 0 Å². The molecule has 3 fully saturated rings.